The molecule has 0 atom stereocenters. The summed E-state index contributed by atoms with van der Waals surface area (Å²) in [5.41, 5.74) is 3.95. The van der Waals surface area contributed by atoms with Gasteiger partial charge in [0.15, 0.2) is 0 Å². The number of rotatable bonds is 5. The van der Waals surface area contributed by atoms with Crippen LogP contribution < -0.4 is 5.32 Å². The van der Waals surface area contributed by atoms with Gasteiger partial charge in [0.1, 0.15) is 23.0 Å². The van der Waals surface area contributed by atoms with E-state index in [1.807, 2.05) is 34.2 Å². The fourth-order valence-corrected chi connectivity index (χ4v) is 4.90. The number of benzene rings is 2. The van der Waals surface area contributed by atoms with Crippen LogP contribution in [0.1, 0.15) is 16.1 Å². The fraction of sp³-hybridized carbons (Fsp3) is 0.0370. The van der Waals surface area contributed by atoms with Gasteiger partial charge in [-0.05, 0) is 65.5 Å². The second kappa shape index (κ2) is 8.48. The van der Waals surface area contributed by atoms with Gasteiger partial charge in [-0.3, -0.25) is 4.79 Å². The Bertz CT molecular complexity index is 1700. The molecule has 0 saturated carbocycles. The van der Waals surface area contributed by atoms with Gasteiger partial charge in [0, 0.05) is 29.8 Å². The predicted octanol–water partition coefficient (Wildman–Crippen LogP) is 6.60. The molecule has 2 aromatic carbocycles. The van der Waals surface area contributed by atoms with Crippen LogP contribution in [-0.4, -0.2) is 19.9 Å². The molecule has 172 valence electrons. The molecule has 5 nitrogen and oxygen atoms in total. The van der Waals surface area contributed by atoms with Crippen molar-refractivity contribution >= 4 is 39.5 Å². The number of anilines is 1. The standard InChI is InChI=1S/C27H18F2N4OS/c28-19-4-1-3-17(11-19)14-33-23-8-6-20(29)12-18(23)13-24(33)27(34)30-21-7-9-26-31-22(16-32(26)15-21)25-5-2-10-35-25/h1-13,15-16H,14H2,(H,30,34). The lowest BCUT2D eigenvalue weighted by molar-refractivity contribution is 0.101. The number of amides is 1. The Morgan fingerprint density at radius 2 is 1.83 bits per heavy atom. The summed E-state index contributed by atoms with van der Waals surface area (Å²) in [6, 6.07) is 19.8. The summed E-state index contributed by atoms with van der Waals surface area (Å²) in [7, 11) is 0. The summed E-state index contributed by atoms with van der Waals surface area (Å²) >= 11 is 1.61. The van der Waals surface area contributed by atoms with Crippen molar-refractivity contribution in [2.24, 2.45) is 0 Å². The zero-order valence-electron chi connectivity index (χ0n) is 18.3. The molecule has 1 N–H and O–H groups in total. The van der Waals surface area contributed by atoms with Crippen molar-refractivity contribution in [3.8, 4) is 10.6 Å². The summed E-state index contributed by atoms with van der Waals surface area (Å²) in [5.74, 6) is -1.10. The van der Waals surface area contributed by atoms with Gasteiger partial charge in [0.2, 0.25) is 0 Å². The number of nitrogens with zero attached hydrogens (tertiary/aromatic N) is 3. The SMILES string of the molecule is O=C(Nc1ccc2nc(-c3cccs3)cn2c1)c1cc2cc(F)ccc2n1Cc1cccc(F)c1. The zero-order chi connectivity index (χ0) is 23.9. The van der Waals surface area contributed by atoms with Crippen LogP contribution in [0.3, 0.4) is 0 Å². The molecule has 0 spiro atoms. The van der Waals surface area contributed by atoms with E-state index in [4.69, 9.17) is 0 Å². The summed E-state index contributed by atoms with van der Waals surface area (Å²) in [5, 5.41) is 5.53. The first-order valence-corrected chi connectivity index (χ1v) is 11.8. The van der Waals surface area contributed by atoms with E-state index >= 15 is 0 Å². The van der Waals surface area contributed by atoms with Crippen LogP contribution in [0.5, 0.6) is 0 Å². The maximum Gasteiger partial charge on any atom is 0.272 e. The average molecular weight is 485 g/mol. The van der Waals surface area contributed by atoms with E-state index in [1.54, 1.807) is 52.4 Å². The molecule has 6 aromatic rings. The number of halogens is 2. The second-order valence-electron chi connectivity index (χ2n) is 8.19. The van der Waals surface area contributed by atoms with Gasteiger partial charge in [0.05, 0.1) is 16.3 Å². The molecular weight excluding hydrogens is 466 g/mol. The monoisotopic (exact) mass is 484 g/mol. The molecule has 0 aliphatic carbocycles. The normalized spacial score (nSPS) is 11.4. The van der Waals surface area contributed by atoms with E-state index in [2.05, 4.69) is 10.3 Å². The lowest BCUT2D eigenvalue weighted by Crippen LogP contribution is -2.17. The number of carbonyl (C=O) groups is 1. The van der Waals surface area contributed by atoms with E-state index in [9.17, 15) is 13.6 Å². The number of carbonyl (C=O) groups excluding carboxylic acids is 1. The minimum absolute atomic E-state index is 0.264. The van der Waals surface area contributed by atoms with Gasteiger partial charge in [-0.25, -0.2) is 13.8 Å². The lowest BCUT2D eigenvalue weighted by Gasteiger charge is -2.12. The van der Waals surface area contributed by atoms with Crippen molar-refractivity contribution in [3.63, 3.8) is 0 Å². The Kier molecular flexibility index (Phi) is 5.15. The van der Waals surface area contributed by atoms with Crippen molar-refractivity contribution in [1.82, 2.24) is 14.0 Å². The third-order valence-corrected chi connectivity index (χ3v) is 6.70. The van der Waals surface area contributed by atoms with E-state index < -0.39 is 0 Å². The molecular formula is C27H18F2N4OS. The minimum Gasteiger partial charge on any atom is -0.332 e. The number of imidazole rings is 1. The summed E-state index contributed by atoms with van der Waals surface area (Å²) in [6.07, 6.45) is 3.72. The highest BCUT2D eigenvalue weighted by Gasteiger charge is 2.17. The van der Waals surface area contributed by atoms with Crippen LogP contribution in [0.4, 0.5) is 14.5 Å². The van der Waals surface area contributed by atoms with Crippen LogP contribution in [0.25, 0.3) is 27.1 Å². The molecule has 4 heterocycles. The molecule has 0 radical (unpaired) electrons. The molecule has 0 unspecified atom stereocenters. The van der Waals surface area contributed by atoms with Crippen molar-refractivity contribution in [2.45, 2.75) is 6.54 Å². The molecule has 0 aliphatic rings. The van der Waals surface area contributed by atoms with Crippen LogP contribution >= 0.6 is 11.3 Å². The first-order chi connectivity index (χ1) is 17.0. The lowest BCUT2D eigenvalue weighted by atomic mass is 10.2. The summed E-state index contributed by atoms with van der Waals surface area (Å²) < 4.78 is 31.3. The van der Waals surface area contributed by atoms with Gasteiger partial charge < -0.3 is 14.3 Å². The summed E-state index contributed by atoms with van der Waals surface area (Å²) in [6.45, 7) is 0.264. The smallest absolute Gasteiger partial charge is 0.272 e. The van der Waals surface area contributed by atoms with E-state index in [0.717, 1.165) is 16.2 Å². The molecule has 35 heavy (non-hydrogen) atoms. The van der Waals surface area contributed by atoms with Gasteiger partial charge in [0.25, 0.3) is 5.91 Å². The number of pyridine rings is 1. The first kappa shape index (κ1) is 21.2. The maximum absolute atomic E-state index is 13.9. The Morgan fingerprint density at radius 3 is 2.66 bits per heavy atom. The number of hydrogen-bond acceptors (Lipinski definition) is 3. The van der Waals surface area contributed by atoms with Gasteiger partial charge in [-0.1, -0.05) is 18.2 Å². The molecule has 0 saturated heterocycles. The van der Waals surface area contributed by atoms with Crippen LogP contribution in [-0.2, 0) is 6.54 Å². The number of fused-ring (bicyclic) bond motifs is 2. The minimum atomic E-state index is -0.389. The number of thiophene rings is 1. The predicted molar refractivity (Wildman–Crippen MR) is 134 cm³/mol. The van der Waals surface area contributed by atoms with Crippen molar-refractivity contribution in [2.75, 3.05) is 5.32 Å². The third-order valence-electron chi connectivity index (χ3n) is 5.81. The molecule has 8 heteroatoms. The molecule has 4 aromatic heterocycles. The Labute approximate surface area is 202 Å². The fourth-order valence-electron chi connectivity index (χ4n) is 4.22. The highest BCUT2D eigenvalue weighted by Crippen LogP contribution is 2.26. The maximum atomic E-state index is 13.9. The first-order valence-electron chi connectivity index (χ1n) is 10.9. The van der Waals surface area contributed by atoms with Crippen LogP contribution in [0.2, 0.25) is 0 Å². The molecule has 1 amide bonds. The quantitative estimate of drug-likeness (QED) is 0.300. The number of hydrogen-bond donors (Lipinski definition) is 1. The number of nitrogens with one attached hydrogen (secondary N) is 1. The highest BCUT2D eigenvalue weighted by molar-refractivity contribution is 7.13. The molecule has 0 aliphatic heterocycles. The van der Waals surface area contributed by atoms with Crippen LogP contribution in [0, 0.1) is 11.6 Å². The van der Waals surface area contributed by atoms with E-state index in [1.165, 1.54) is 24.3 Å². The van der Waals surface area contributed by atoms with Gasteiger partial charge in [-0.2, -0.15) is 0 Å². The highest BCUT2D eigenvalue weighted by atomic mass is 32.1. The average Bonchev–Trinajstić information content (AvgIpc) is 3.57. The van der Waals surface area contributed by atoms with Crippen molar-refractivity contribution in [1.29, 1.82) is 0 Å². The van der Waals surface area contributed by atoms with Crippen LogP contribution in [0.15, 0.2) is 90.6 Å². The third kappa shape index (κ3) is 4.08. The second-order valence-corrected chi connectivity index (χ2v) is 9.14. The summed E-state index contributed by atoms with van der Waals surface area (Å²) in [4.78, 5) is 19.0. The van der Waals surface area contributed by atoms with Crippen molar-refractivity contribution < 1.29 is 13.6 Å². The number of aromatic nitrogens is 3. The molecule has 6 rings (SSSR count). The Morgan fingerprint density at radius 1 is 0.943 bits per heavy atom. The topological polar surface area (TPSA) is 51.3 Å². The van der Waals surface area contributed by atoms with Gasteiger partial charge in [-0.15, -0.1) is 11.3 Å². The van der Waals surface area contributed by atoms with Crippen molar-refractivity contribution in [3.05, 3.63) is 113 Å². The largest absolute Gasteiger partial charge is 0.332 e. The van der Waals surface area contributed by atoms with E-state index in [0.29, 0.717) is 27.8 Å². The molecule has 0 bridgehead atoms. The zero-order valence-corrected chi connectivity index (χ0v) is 19.1. The van der Waals surface area contributed by atoms with E-state index in [-0.39, 0.29) is 24.1 Å². The Balaban J connectivity index is 1.35. The molecule has 0 fully saturated rings. The Hall–Kier alpha value is -4.30. The van der Waals surface area contributed by atoms with Gasteiger partial charge >= 0.3 is 0 Å².